The van der Waals surface area contributed by atoms with Gasteiger partial charge in [0.2, 0.25) is 5.91 Å². The maximum atomic E-state index is 13.0. The molecule has 0 saturated heterocycles. The molecule has 9 heteroatoms. The van der Waals surface area contributed by atoms with Crippen molar-refractivity contribution in [3.8, 4) is 17.6 Å². The van der Waals surface area contributed by atoms with E-state index in [2.05, 4.69) is 23.6 Å². The largest absolute Gasteiger partial charge is 0.493 e. The number of nitrogens with zero attached hydrogens (tertiary/aromatic N) is 1. The zero-order valence-electron chi connectivity index (χ0n) is 21.2. The first kappa shape index (κ1) is 26.6. The lowest BCUT2D eigenvalue weighted by atomic mass is 9.89. The van der Waals surface area contributed by atoms with Crippen LogP contribution in [-0.2, 0) is 17.6 Å². The molecule has 2 unspecified atom stereocenters. The number of hydrogen-bond acceptors (Lipinski definition) is 7. The Morgan fingerprint density at radius 1 is 1.14 bits per heavy atom. The van der Waals surface area contributed by atoms with E-state index in [0.717, 1.165) is 29.7 Å². The van der Waals surface area contributed by atoms with Gasteiger partial charge in [-0.2, -0.15) is 5.26 Å². The summed E-state index contributed by atoms with van der Waals surface area (Å²) in [6, 6.07) is 14.6. The number of nitriles is 1. The highest BCUT2D eigenvalue weighted by atomic mass is 32.2. The Morgan fingerprint density at radius 2 is 1.92 bits per heavy atom. The quantitative estimate of drug-likeness (QED) is 0.337. The number of fused-ring (bicyclic) bond motifs is 1. The SMILES string of the molecule is COc1ccc(C(=O)Nc2cccc(SC(C)C(=O)Nc3sc4c(c3C#N)CCC(C)C4)c2)cc1OC. The van der Waals surface area contributed by atoms with Crippen molar-refractivity contribution in [3.63, 3.8) is 0 Å². The van der Waals surface area contributed by atoms with Crippen LogP contribution in [0.4, 0.5) is 10.7 Å². The number of amides is 2. The fourth-order valence-electron chi connectivity index (χ4n) is 4.26. The summed E-state index contributed by atoms with van der Waals surface area (Å²) in [7, 11) is 3.06. The van der Waals surface area contributed by atoms with E-state index in [1.807, 2.05) is 25.1 Å². The Bertz CT molecular complexity index is 1360. The highest BCUT2D eigenvalue weighted by Crippen LogP contribution is 2.39. The second-order valence-corrected chi connectivity index (χ2v) is 11.5. The monoisotopic (exact) mass is 535 g/mol. The molecule has 2 aromatic carbocycles. The molecule has 0 fully saturated rings. The van der Waals surface area contributed by atoms with Gasteiger partial charge < -0.3 is 20.1 Å². The summed E-state index contributed by atoms with van der Waals surface area (Å²) in [5.41, 5.74) is 2.76. The molecule has 1 heterocycles. The molecule has 0 radical (unpaired) electrons. The van der Waals surface area contributed by atoms with Crippen LogP contribution in [0.15, 0.2) is 47.4 Å². The second-order valence-electron chi connectivity index (χ2n) is 8.97. The van der Waals surface area contributed by atoms with Gasteiger partial charge in [-0.3, -0.25) is 9.59 Å². The number of benzene rings is 2. The van der Waals surface area contributed by atoms with Gasteiger partial charge in [-0.1, -0.05) is 13.0 Å². The zero-order chi connectivity index (χ0) is 26.5. The van der Waals surface area contributed by atoms with E-state index in [0.29, 0.717) is 39.2 Å². The standard InChI is InChI=1S/C28H29N3O4S2/c1-16-8-10-21-22(15-29)28(37-25(21)12-16)31-26(32)17(2)36-20-7-5-6-19(14-20)30-27(33)18-9-11-23(34-3)24(13-18)35-4/h5-7,9,11,13-14,16-17H,8,10,12H2,1-4H3,(H,30,33)(H,31,32). The average Bonchev–Trinajstić information content (AvgIpc) is 3.23. The van der Waals surface area contributed by atoms with Crippen molar-refractivity contribution in [1.82, 2.24) is 0 Å². The van der Waals surface area contributed by atoms with Gasteiger partial charge >= 0.3 is 0 Å². The molecule has 7 nitrogen and oxygen atoms in total. The summed E-state index contributed by atoms with van der Waals surface area (Å²) in [4.78, 5) is 27.8. The molecule has 2 amide bonds. The lowest BCUT2D eigenvalue weighted by Crippen LogP contribution is -2.22. The van der Waals surface area contributed by atoms with Crippen LogP contribution in [0.25, 0.3) is 0 Å². The summed E-state index contributed by atoms with van der Waals surface area (Å²) in [5, 5.41) is 15.8. The van der Waals surface area contributed by atoms with Crippen LogP contribution in [0.1, 0.15) is 46.6 Å². The third-order valence-corrected chi connectivity index (χ3v) is 8.54. The van der Waals surface area contributed by atoms with E-state index in [-0.39, 0.29) is 11.8 Å². The van der Waals surface area contributed by atoms with E-state index in [4.69, 9.17) is 9.47 Å². The maximum Gasteiger partial charge on any atom is 0.255 e. The Kier molecular flexibility index (Phi) is 8.41. The minimum Gasteiger partial charge on any atom is -0.493 e. The predicted octanol–water partition coefficient (Wildman–Crippen LogP) is 6.13. The number of anilines is 2. The molecule has 2 atom stereocenters. The molecule has 1 aliphatic rings. The molecule has 0 aliphatic heterocycles. The van der Waals surface area contributed by atoms with Gasteiger partial charge in [-0.25, -0.2) is 0 Å². The van der Waals surface area contributed by atoms with E-state index >= 15 is 0 Å². The Labute approximate surface area is 225 Å². The summed E-state index contributed by atoms with van der Waals surface area (Å²) >= 11 is 2.92. The van der Waals surface area contributed by atoms with Crippen molar-refractivity contribution in [1.29, 1.82) is 5.26 Å². The van der Waals surface area contributed by atoms with Crippen LogP contribution in [0.3, 0.4) is 0 Å². The molecule has 0 saturated carbocycles. The van der Waals surface area contributed by atoms with Crippen LogP contribution in [0.5, 0.6) is 11.5 Å². The minimum atomic E-state index is -0.401. The van der Waals surface area contributed by atoms with Gasteiger partial charge in [0.25, 0.3) is 5.91 Å². The highest BCUT2D eigenvalue weighted by molar-refractivity contribution is 8.00. The molecule has 1 aliphatic carbocycles. The first-order valence-electron chi connectivity index (χ1n) is 12.0. The minimum absolute atomic E-state index is 0.159. The average molecular weight is 536 g/mol. The van der Waals surface area contributed by atoms with E-state index in [9.17, 15) is 14.9 Å². The van der Waals surface area contributed by atoms with Crippen LogP contribution in [0, 0.1) is 17.2 Å². The number of carbonyl (C=O) groups excluding carboxylic acids is 2. The van der Waals surface area contributed by atoms with E-state index < -0.39 is 5.25 Å². The van der Waals surface area contributed by atoms with E-state index in [1.54, 1.807) is 31.4 Å². The van der Waals surface area contributed by atoms with Gasteiger partial charge in [0.05, 0.1) is 25.0 Å². The Morgan fingerprint density at radius 3 is 2.65 bits per heavy atom. The molecular weight excluding hydrogens is 506 g/mol. The van der Waals surface area contributed by atoms with Crippen LogP contribution < -0.4 is 20.1 Å². The number of ether oxygens (including phenoxy) is 2. The van der Waals surface area contributed by atoms with Crippen LogP contribution in [0.2, 0.25) is 0 Å². The molecule has 1 aromatic heterocycles. The van der Waals surface area contributed by atoms with Crippen molar-refractivity contribution < 1.29 is 19.1 Å². The molecule has 4 rings (SSSR count). The van der Waals surface area contributed by atoms with Crippen molar-refractivity contribution >= 4 is 45.6 Å². The van der Waals surface area contributed by atoms with Gasteiger partial charge in [-0.15, -0.1) is 23.1 Å². The number of nitrogens with one attached hydrogen (secondary N) is 2. The summed E-state index contributed by atoms with van der Waals surface area (Å²) in [6.45, 7) is 4.05. The first-order valence-corrected chi connectivity index (χ1v) is 13.7. The smallest absolute Gasteiger partial charge is 0.255 e. The summed E-state index contributed by atoms with van der Waals surface area (Å²) in [6.07, 6.45) is 2.91. The normalized spacial score (nSPS) is 15.2. The fourth-order valence-corrected chi connectivity index (χ4v) is 6.55. The number of thioether (sulfide) groups is 1. The molecule has 0 spiro atoms. The third kappa shape index (κ3) is 6.09. The second kappa shape index (κ2) is 11.7. The zero-order valence-corrected chi connectivity index (χ0v) is 22.8. The van der Waals surface area contributed by atoms with Crippen LogP contribution in [-0.4, -0.2) is 31.3 Å². The molecule has 3 aromatic rings. The lowest BCUT2D eigenvalue weighted by molar-refractivity contribution is -0.115. The fraction of sp³-hybridized carbons (Fsp3) is 0.321. The van der Waals surface area contributed by atoms with Crippen molar-refractivity contribution in [2.75, 3.05) is 24.9 Å². The predicted molar refractivity (Wildman–Crippen MR) is 148 cm³/mol. The lowest BCUT2D eigenvalue weighted by Gasteiger charge is -2.17. The van der Waals surface area contributed by atoms with E-state index in [1.165, 1.54) is 35.1 Å². The number of rotatable bonds is 8. The number of thiophene rings is 1. The molecule has 2 N–H and O–H groups in total. The highest BCUT2D eigenvalue weighted by Gasteiger charge is 2.26. The molecule has 192 valence electrons. The third-order valence-electron chi connectivity index (χ3n) is 6.28. The van der Waals surface area contributed by atoms with Gasteiger partial charge in [0.1, 0.15) is 11.1 Å². The molecule has 0 bridgehead atoms. The topological polar surface area (TPSA) is 100 Å². The number of hydrogen-bond donors (Lipinski definition) is 2. The van der Waals surface area contributed by atoms with Gasteiger partial charge in [0.15, 0.2) is 11.5 Å². The van der Waals surface area contributed by atoms with Crippen molar-refractivity contribution in [2.24, 2.45) is 5.92 Å². The van der Waals surface area contributed by atoms with Gasteiger partial charge in [0, 0.05) is 21.0 Å². The number of methoxy groups -OCH3 is 2. The van der Waals surface area contributed by atoms with Gasteiger partial charge in [-0.05, 0) is 74.1 Å². The first-order chi connectivity index (χ1) is 17.8. The van der Waals surface area contributed by atoms with Crippen molar-refractivity contribution in [2.45, 2.75) is 43.3 Å². The number of carbonyl (C=O) groups is 2. The summed E-state index contributed by atoms with van der Waals surface area (Å²) < 4.78 is 10.5. The Balaban J connectivity index is 1.41. The molecular formula is C28H29N3O4S2. The van der Waals surface area contributed by atoms with Crippen molar-refractivity contribution in [3.05, 3.63) is 64.0 Å². The van der Waals surface area contributed by atoms with Crippen LogP contribution >= 0.6 is 23.1 Å². The maximum absolute atomic E-state index is 13.0. The molecule has 37 heavy (non-hydrogen) atoms. The Hall–Kier alpha value is -3.48. The summed E-state index contributed by atoms with van der Waals surface area (Å²) in [5.74, 6) is 1.17.